The molecule has 10 heteroatoms. The van der Waals surface area contributed by atoms with E-state index < -0.39 is 48.8 Å². The van der Waals surface area contributed by atoms with Gasteiger partial charge in [0, 0.05) is 13.0 Å². The molecule has 0 radical (unpaired) electrons. The van der Waals surface area contributed by atoms with Crippen LogP contribution in [0.15, 0.2) is 152 Å². The van der Waals surface area contributed by atoms with E-state index in [0.717, 1.165) is 33.0 Å². The lowest BCUT2D eigenvalue weighted by Gasteiger charge is -2.50. The van der Waals surface area contributed by atoms with Crippen molar-refractivity contribution in [3.63, 3.8) is 0 Å². The third-order valence-corrected chi connectivity index (χ3v) is 13.4. The van der Waals surface area contributed by atoms with Gasteiger partial charge in [0.1, 0.15) is 17.5 Å². The van der Waals surface area contributed by atoms with Gasteiger partial charge in [-0.2, -0.15) is 0 Å². The van der Waals surface area contributed by atoms with E-state index in [1.165, 1.54) is 26.0 Å². The number of hydrogen-bond acceptors (Lipinski definition) is 7. The van der Waals surface area contributed by atoms with Gasteiger partial charge in [0.15, 0.2) is 6.04 Å². The number of ether oxygens (including phenoxy) is 3. The molecule has 1 saturated heterocycles. The third-order valence-electron chi connectivity index (χ3n) is 9.02. The fraction of sp³-hybridized carbons (Fsp3) is 0.140. The van der Waals surface area contributed by atoms with E-state index in [4.69, 9.17) is 14.2 Å². The van der Waals surface area contributed by atoms with Crippen molar-refractivity contribution in [2.24, 2.45) is 0 Å². The molecule has 0 saturated carbocycles. The molecule has 3 atom stereocenters. The molecule has 5 aromatic carbocycles. The van der Waals surface area contributed by atoms with E-state index >= 15 is 0 Å². The molecule has 1 fully saturated rings. The molecule has 3 aliphatic rings. The van der Waals surface area contributed by atoms with Crippen molar-refractivity contribution in [3.05, 3.63) is 157 Å². The lowest BCUT2D eigenvalue weighted by atomic mass is 9.90. The highest BCUT2D eigenvalue weighted by molar-refractivity contribution is 7.96. The first-order valence-electron chi connectivity index (χ1n) is 17.0. The Labute approximate surface area is 308 Å². The molecule has 3 heterocycles. The zero-order chi connectivity index (χ0) is 37.4. The number of hydrogen-bond donors (Lipinski definition) is 1. The van der Waals surface area contributed by atoms with Crippen molar-refractivity contribution < 1.29 is 33.4 Å². The number of benzene rings is 5. The van der Waals surface area contributed by atoms with Gasteiger partial charge in [-0.1, -0.05) is 140 Å². The van der Waals surface area contributed by atoms with Crippen LogP contribution in [-0.4, -0.2) is 66.3 Å². The van der Waals surface area contributed by atoms with Crippen molar-refractivity contribution in [3.8, 4) is 11.5 Å². The quantitative estimate of drug-likeness (QED) is 0.119. The molecule has 3 unspecified atom stereocenters. The van der Waals surface area contributed by atoms with Crippen LogP contribution in [0.25, 0.3) is 6.08 Å². The molecular formula is C43H39N2O7P. The van der Waals surface area contributed by atoms with Crippen LogP contribution < -0.4 is 26.0 Å². The molecule has 1 N–H and O–H groups in total. The Morgan fingerprint density at radius 2 is 1.19 bits per heavy atom. The highest BCUT2D eigenvalue weighted by Gasteiger charge is 2.56. The van der Waals surface area contributed by atoms with E-state index in [-0.39, 0.29) is 5.29 Å². The summed E-state index contributed by atoms with van der Waals surface area (Å²) in [6, 6.07) is 42.5. The van der Waals surface area contributed by atoms with E-state index in [0.29, 0.717) is 0 Å². The van der Waals surface area contributed by atoms with Gasteiger partial charge in [0.05, 0.1) is 25.6 Å². The second kappa shape index (κ2) is 16.4. The second-order valence-corrected chi connectivity index (χ2v) is 15.6. The molecule has 8 rings (SSSR count). The summed E-state index contributed by atoms with van der Waals surface area (Å²) in [5, 5.41) is 5.15. The largest absolute Gasteiger partial charge is 0.467 e. The van der Waals surface area contributed by atoms with Gasteiger partial charge in [-0.15, -0.1) is 0 Å². The number of fused-ring (bicyclic) bond motifs is 2. The third kappa shape index (κ3) is 7.43. The summed E-state index contributed by atoms with van der Waals surface area (Å²) < 4.78 is 15.9. The van der Waals surface area contributed by atoms with Crippen LogP contribution in [0.4, 0.5) is 0 Å². The Balaban J connectivity index is 0.000000606. The minimum atomic E-state index is -3.23. The van der Waals surface area contributed by atoms with Crippen LogP contribution in [0.3, 0.4) is 0 Å². The minimum absolute atomic E-state index is 0.0817. The Hall–Kier alpha value is -6.18. The van der Waals surface area contributed by atoms with Gasteiger partial charge in [-0.25, -0.2) is 9.59 Å². The predicted molar refractivity (Wildman–Crippen MR) is 208 cm³/mol. The van der Waals surface area contributed by atoms with E-state index in [2.05, 4.69) is 5.32 Å². The van der Waals surface area contributed by atoms with Gasteiger partial charge < -0.3 is 24.4 Å². The molecule has 53 heavy (non-hydrogen) atoms. The highest BCUT2D eigenvalue weighted by atomic mass is 31.2. The number of likely N-dealkylation sites (tertiary alicyclic amines) is 1. The van der Waals surface area contributed by atoms with Crippen LogP contribution in [0.1, 0.15) is 12.5 Å². The maximum Gasteiger partial charge on any atom is 0.337 e. The van der Waals surface area contributed by atoms with E-state index in [9.17, 15) is 19.2 Å². The highest BCUT2D eigenvalue weighted by Crippen LogP contribution is 2.48. The van der Waals surface area contributed by atoms with Crippen molar-refractivity contribution in [2.75, 3.05) is 14.2 Å². The lowest BCUT2D eigenvalue weighted by molar-refractivity contribution is -0.162. The second-order valence-electron chi connectivity index (χ2n) is 12.2. The van der Waals surface area contributed by atoms with E-state index in [1.54, 1.807) is 6.08 Å². The number of nitrogens with zero attached hydrogens (tertiary/aromatic N) is 1. The number of rotatable bonds is 10. The maximum absolute atomic E-state index is 14.4. The van der Waals surface area contributed by atoms with Crippen molar-refractivity contribution in [2.45, 2.75) is 25.0 Å². The average molecular weight is 727 g/mol. The summed E-state index contributed by atoms with van der Waals surface area (Å²) in [5.74, 6) is -0.512. The molecule has 0 aromatic heterocycles. The number of carbonyl (C=O) groups excluding carboxylic acids is 4. The first-order chi connectivity index (χ1) is 25.8. The summed E-state index contributed by atoms with van der Waals surface area (Å²) in [5.41, 5.74) is 0.856. The summed E-state index contributed by atoms with van der Waals surface area (Å²) in [4.78, 5) is 56.1. The van der Waals surface area contributed by atoms with Crippen LogP contribution in [-0.2, 0) is 28.7 Å². The molecule has 9 nitrogen and oxygen atoms in total. The van der Waals surface area contributed by atoms with Gasteiger partial charge in [0.25, 0.3) is 0 Å². The fourth-order valence-electron chi connectivity index (χ4n) is 6.68. The Bertz CT molecular complexity index is 2050. The topological polar surface area (TPSA) is 111 Å². The van der Waals surface area contributed by atoms with Crippen molar-refractivity contribution >= 4 is 57.9 Å². The van der Waals surface area contributed by atoms with Crippen molar-refractivity contribution in [1.82, 2.24) is 10.2 Å². The monoisotopic (exact) mass is 726 g/mol. The number of β-lactam (4-membered cyclic amide) rings is 1. The zero-order valence-electron chi connectivity index (χ0n) is 29.5. The molecule has 5 aromatic rings. The first kappa shape index (κ1) is 36.6. The molecule has 2 amide bonds. The van der Waals surface area contributed by atoms with Gasteiger partial charge in [0.2, 0.25) is 11.8 Å². The summed E-state index contributed by atoms with van der Waals surface area (Å²) >= 11 is 0. The number of esters is 2. The van der Waals surface area contributed by atoms with Crippen LogP contribution in [0.2, 0.25) is 0 Å². The standard InChI is InChI=1S/C37H35N2O6P.C6H4O/c1-26(40)38-32-31(25-24-27-16-8-4-9-17-27)39(35(32)41)33(36(42)44-2)34(37(43)45-3)46(28-18-10-5-11-19-28,29-20-12-6-13-21-29)30-22-14-7-15-23-30;1-2-5-4-6(3-1)7-5/h4-25,31-33H,1-3H3,(H,38,40);1-4H. The molecule has 268 valence electrons. The average Bonchev–Trinajstić information content (AvgIpc) is 3.20. The summed E-state index contributed by atoms with van der Waals surface area (Å²) in [6.45, 7) is -1.91. The van der Waals surface area contributed by atoms with Gasteiger partial charge >= 0.3 is 11.9 Å². The SMILES string of the molecule is COC(=O)C(C(C(=O)OC)N1C(=O)C(NC(C)=O)C1C=Cc1ccccc1)=P(c1ccccc1)(c1ccccc1)c1ccccc1.c1cc2cc(c1)O2. The molecule has 0 spiro atoms. The zero-order valence-corrected chi connectivity index (χ0v) is 30.4. The Morgan fingerprint density at radius 1 is 0.717 bits per heavy atom. The lowest BCUT2D eigenvalue weighted by Crippen LogP contribution is -2.75. The van der Waals surface area contributed by atoms with Gasteiger partial charge in [-0.3, -0.25) is 9.59 Å². The maximum atomic E-state index is 14.4. The van der Waals surface area contributed by atoms with E-state index in [1.807, 2.05) is 152 Å². The number of methoxy groups -OCH3 is 2. The molecule has 0 aliphatic carbocycles. The number of amides is 2. The number of carbonyl (C=O) groups is 4. The summed E-state index contributed by atoms with van der Waals surface area (Å²) in [7, 11) is 2.49. The normalized spacial score (nSPS) is 16.1. The Kier molecular flexibility index (Phi) is 11.4. The number of nitrogens with one attached hydrogen (secondary N) is 1. The molecule has 2 bridgehead atoms. The molecular weight excluding hydrogens is 687 g/mol. The molecule has 3 aliphatic heterocycles. The fourth-order valence-corrected chi connectivity index (χ4v) is 11.2. The first-order valence-corrected chi connectivity index (χ1v) is 18.8. The van der Waals surface area contributed by atoms with Gasteiger partial charge in [-0.05, 0) is 40.5 Å². The predicted octanol–water partition coefficient (Wildman–Crippen LogP) is 5.09. The smallest absolute Gasteiger partial charge is 0.337 e. The van der Waals surface area contributed by atoms with Crippen LogP contribution in [0, 0.1) is 0 Å². The van der Waals surface area contributed by atoms with Crippen LogP contribution in [0.5, 0.6) is 11.5 Å². The van der Waals surface area contributed by atoms with Crippen LogP contribution >= 0.6 is 6.89 Å². The van der Waals surface area contributed by atoms with Crippen molar-refractivity contribution in [1.29, 1.82) is 0 Å². The summed E-state index contributed by atoms with van der Waals surface area (Å²) in [6.07, 6.45) is 3.58. The Morgan fingerprint density at radius 3 is 1.57 bits per heavy atom. The minimum Gasteiger partial charge on any atom is -0.467 e.